The van der Waals surface area contributed by atoms with Crippen LogP contribution in [0.15, 0.2) is 42.5 Å². The summed E-state index contributed by atoms with van der Waals surface area (Å²) < 4.78 is 50.0. The van der Waals surface area contributed by atoms with Crippen LogP contribution in [0.2, 0.25) is 0 Å². The van der Waals surface area contributed by atoms with E-state index in [1.54, 1.807) is 21.0 Å². The molecule has 2 aromatic carbocycles. The van der Waals surface area contributed by atoms with Crippen molar-refractivity contribution >= 4 is 16.0 Å². The Morgan fingerprint density at radius 1 is 1.00 bits per heavy atom. The molecule has 1 aliphatic carbocycles. The first-order valence-electron chi connectivity index (χ1n) is 13.2. The second-order valence-corrected chi connectivity index (χ2v) is 13.3. The third-order valence-electron chi connectivity index (χ3n) is 8.29. The number of piperidine rings is 1. The van der Waals surface area contributed by atoms with Gasteiger partial charge in [0.15, 0.2) is 10.5 Å². The van der Waals surface area contributed by atoms with Gasteiger partial charge >= 0.3 is 5.97 Å². The standard InChI is InChI=1S/C29H37NO7S/c1-19-15-21(9-10-24(19)22-7-6-8-23(16-22)34-4)20-11-13-30(14-12-20)38(32,33)29(27(31)35-5)17-25-26(18-29)37-28(2,3)36-25/h6-10,15-16,20,25-26H,11-14,17-18H2,1-5H3/t25-,26+,29?. The van der Waals surface area contributed by atoms with Gasteiger partial charge in [0.1, 0.15) is 5.75 Å². The van der Waals surface area contributed by atoms with Crippen LogP contribution in [-0.2, 0) is 29.0 Å². The molecule has 0 N–H and O–H groups in total. The largest absolute Gasteiger partial charge is 0.497 e. The maximum atomic E-state index is 14.0. The van der Waals surface area contributed by atoms with Gasteiger partial charge in [-0.25, -0.2) is 12.7 Å². The third-order valence-corrected chi connectivity index (χ3v) is 10.8. The number of benzene rings is 2. The Kier molecular flexibility index (Phi) is 7.09. The molecule has 3 aliphatic rings. The van der Waals surface area contributed by atoms with Crippen molar-refractivity contribution in [2.45, 2.75) is 75.1 Å². The van der Waals surface area contributed by atoms with E-state index in [1.165, 1.54) is 17.0 Å². The minimum Gasteiger partial charge on any atom is -0.497 e. The second-order valence-electron chi connectivity index (χ2n) is 11.1. The van der Waals surface area contributed by atoms with Crippen LogP contribution in [0.25, 0.3) is 11.1 Å². The van der Waals surface area contributed by atoms with Crippen molar-refractivity contribution in [1.82, 2.24) is 4.31 Å². The maximum absolute atomic E-state index is 14.0. The first-order chi connectivity index (χ1) is 18.0. The molecule has 0 bridgehead atoms. The van der Waals surface area contributed by atoms with Gasteiger partial charge in [-0.05, 0) is 73.9 Å². The van der Waals surface area contributed by atoms with Crippen molar-refractivity contribution < 1.29 is 32.2 Å². The number of esters is 1. The van der Waals surface area contributed by atoms with Gasteiger partial charge in [-0.3, -0.25) is 4.79 Å². The summed E-state index contributed by atoms with van der Waals surface area (Å²) in [7, 11) is -1.09. The zero-order valence-electron chi connectivity index (χ0n) is 22.7. The molecular weight excluding hydrogens is 506 g/mol. The number of ether oxygens (including phenoxy) is 4. The topological polar surface area (TPSA) is 91.4 Å². The van der Waals surface area contributed by atoms with Crippen LogP contribution in [0.5, 0.6) is 5.75 Å². The van der Waals surface area contributed by atoms with E-state index in [0.29, 0.717) is 25.9 Å². The number of nitrogens with zero attached hydrogens (tertiary/aromatic N) is 1. The summed E-state index contributed by atoms with van der Waals surface area (Å²) >= 11 is 0. The molecule has 1 saturated carbocycles. The zero-order chi connectivity index (χ0) is 27.3. The lowest BCUT2D eigenvalue weighted by Crippen LogP contribution is -2.55. The highest BCUT2D eigenvalue weighted by Gasteiger charge is 2.65. The molecule has 1 unspecified atom stereocenters. The molecule has 0 amide bonds. The highest BCUT2D eigenvalue weighted by Crippen LogP contribution is 2.48. The Hall–Kier alpha value is -2.46. The molecule has 0 radical (unpaired) electrons. The van der Waals surface area contributed by atoms with E-state index in [4.69, 9.17) is 18.9 Å². The summed E-state index contributed by atoms with van der Waals surface area (Å²) in [6, 6.07) is 14.5. The molecule has 8 nitrogen and oxygen atoms in total. The summed E-state index contributed by atoms with van der Waals surface area (Å²) in [5.41, 5.74) is 4.61. The molecule has 3 atom stereocenters. The van der Waals surface area contributed by atoms with E-state index >= 15 is 0 Å². The summed E-state index contributed by atoms with van der Waals surface area (Å²) in [5.74, 6) is -0.469. The van der Waals surface area contributed by atoms with E-state index in [-0.39, 0.29) is 18.8 Å². The average Bonchev–Trinajstić information content (AvgIpc) is 3.39. The van der Waals surface area contributed by atoms with Gasteiger partial charge in [0.2, 0.25) is 10.0 Å². The lowest BCUT2D eigenvalue weighted by atomic mass is 9.87. The molecule has 2 aromatic rings. The number of fused-ring (bicyclic) bond motifs is 1. The number of hydrogen-bond acceptors (Lipinski definition) is 7. The third kappa shape index (κ3) is 4.63. The Morgan fingerprint density at radius 3 is 2.24 bits per heavy atom. The minimum absolute atomic E-state index is 0.0426. The van der Waals surface area contributed by atoms with Crippen molar-refractivity contribution in [3.63, 3.8) is 0 Å². The van der Waals surface area contributed by atoms with Crippen molar-refractivity contribution in [1.29, 1.82) is 0 Å². The number of methoxy groups -OCH3 is 2. The molecule has 0 aromatic heterocycles. The smallest absolute Gasteiger partial charge is 0.328 e. The first kappa shape index (κ1) is 27.1. The molecule has 3 fully saturated rings. The van der Waals surface area contributed by atoms with Gasteiger partial charge in [0, 0.05) is 25.9 Å². The lowest BCUT2D eigenvalue weighted by molar-refractivity contribution is -0.160. The normalized spacial score (nSPS) is 27.7. The monoisotopic (exact) mass is 543 g/mol. The summed E-state index contributed by atoms with van der Waals surface area (Å²) in [6.07, 6.45) is 0.537. The van der Waals surface area contributed by atoms with Gasteiger partial charge in [0.05, 0.1) is 26.4 Å². The van der Waals surface area contributed by atoms with Crippen LogP contribution in [-0.4, -0.2) is 68.7 Å². The molecule has 2 saturated heterocycles. The molecule has 0 spiro atoms. The van der Waals surface area contributed by atoms with E-state index in [1.807, 2.05) is 18.2 Å². The van der Waals surface area contributed by atoms with Gasteiger partial charge in [-0.15, -0.1) is 0 Å². The molecule has 2 heterocycles. The predicted molar refractivity (Wildman–Crippen MR) is 143 cm³/mol. The molecule has 2 aliphatic heterocycles. The van der Waals surface area contributed by atoms with Crippen LogP contribution in [0.4, 0.5) is 0 Å². The zero-order valence-corrected chi connectivity index (χ0v) is 23.5. The van der Waals surface area contributed by atoms with Gasteiger partial charge in [-0.2, -0.15) is 0 Å². The van der Waals surface area contributed by atoms with Crippen LogP contribution >= 0.6 is 0 Å². The number of rotatable bonds is 6. The average molecular weight is 544 g/mol. The highest BCUT2D eigenvalue weighted by atomic mass is 32.2. The summed E-state index contributed by atoms with van der Waals surface area (Å²) in [4.78, 5) is 13.0. The number of carbonyl (C=O) groups excluding carboxylic acids is 1. The molecule has 38 heavy (non-hydrogen) atoms. The Labute approximate surface area is 225 Å². The second kappa shape index (κ2) is 9.93. The lowest BCUT2D eigenvalue weighted by Gasteiger charge is -2.37. The number of aryl methyl sites for hydroxylation is 1. The Balaban J connectivity index is 1.31. The van der Waals surface area contributed by atoms with Crippen molar-refractivity contribution in [3.05, 3.63) is 53.6 Å². The quantitative estimate of drug-likeness (QED) is 0.499. The fourth-order valence-corrected chi connectivity index (χ4v) is 8.62. The van der Waals surface area contributed by atoms with Gasteiger partial charge in [0.25, 0.3) is 0 Å². The molecule has 206 valence electrons. The van der Waals surface area contributed by atoms with Crippen LogP contribution in [0, 0.1) is 6.92 Å². The van der Waals surface area contributed by atoms with E-state index < -0.39 is 38.7 Å². The first-order valence-corrected chi connectivity index (χ1v) is 14.6. The molecular formula is C29H37NO7S. The fourth-order valence-electron chi connectivity index (χ4n) is 6.39. The van der Waals surface area contributed by atoms with E-state index in [0.717, 1.165) is 22.4 Å². The summed E-state index contributed by atoms with van der Waals surface area (Å²) in [6.45, 7) is 6.40. The van der Waals surface area contributed by atoms with E-state index in [2.05, 4.69) is 31.2 Å². The van der Waals surface area contributed by atoms with Crippen molar-refractivity contribution in [3.8, 4) is 16.9 Å². The van der Waals surface area contributed by atoms with Gasteiger partial charge < -0.3 is 18.9 Å². The minimum atomic E-state index is -3.99. The van der Waals surface area contributed by atoms with Crippen LogP contribution in [0.3, 0.4) is 0 Å². The Bertz CT molecular complexity index is 1300. The number of carbonyl (C=O) groups is 1. The highest BCUT2D eigenvalue weighted by molar-refractivity contribution is 7.91. The number of hydrogen-bond donors (Lipinski definition) is 0. The van der Waals surface area contributed by atoms with Crippen LogP contribution in [0.1, 0.15) is 56.6 Å². The van der Waals surface area contributed by atoms with Gasteiger partial charge in [-0.1, -0.05) is 30.3 Å². The fraction of sp³-hybridized carbons (Fsp3) is 0.552. The predicted octanol–water partition coefficient (Wildman–Crippen LogP) is 4.41. The molecule has 5 rings (SSSR count). The summed E-state index contributed by atoms with van der Waals surface area (Å²) in [5, 5.41) is 0. The van der Waals surface area contributed by atoms with Crippen LogP contribution < -0.4 is 4.74 Å². The Morgan fingerprint density at radius 2 is 1.66 bits per heavy atom. The maximum Gasteiger partial charge on any atom is 0.328 e. The SMILES string of the molecule is COC(=O)C1(S(=O)(=O)N2CCC(c3ccc(-c4cccc(OC)c4)c(C)c3)CC2)C[C@@H]2OC(C)(C)O[C@@H]2C1. The van der Waals surface area contributed by atoms with Crippen molar-refractivity contribution in [2.75, 3.05) is 27.3 Å². The number of sulfonamides is 1. The van der Waals surface area contributed by atoms with E-state index in [9.17, 15) is 13.2 Å². The molecule has 9 heteroatoms. The van der Waals surface area contributed by atoms with Crippen molar-refractivity contribution in [2.24, 2.45) is 0 Å².